The van der Waals surface area contributed by atoms with Crippen LogP contribution in [0, 0.1) is 0 Å². The van der Waals surface area contributed by atoms with Crippen molar-refractivity contribution in [3.8, 4) is 0 Å². The van der Waals surface area contributed by atoms with Gasteiger partial charge in [0.05, 0.1) is 12.6 Å². The van der Waals surface area contributed by atoms with E-state index in [-0.39, 0.29) is 11.6 Å². The number of rotatable bonds is 2. The van der Waals surface area contributed by atoms with Crippen molar-refractivity contribution in [3.05, 3.63) is 12.3 Å². The third-order valence-corrected chi connectivity index (χ3v) is 5.09. The molecule has 1 N–H and O–H groups in total. The fourth-order valence-electron chi connectivity index (χ4n) is 2.11. The maximum atomic E-state index is 13.1. The molecule has 0 spiro atoms. The van der Waals surface area contributed by atoms with E-state index in [9.17, 15) is 26.4 Å². The second-order valence-electron chi connectivity index (χ2n) is 4.52. The number of nitrogens with zero attached hydrogens (tertiary/aromatic N) is 3. The highest BCUT2D eigenvalue weighted by atomic mass is 32.2. The van der Waals surface area contributed by atoms with Gasteiger partial charge in [-0.1, -0.05) is 0 Å². The van der Waals surface area contributed by atoms with E-state index in [0.29, 0.717) is 4.31 Å². The van der Waals surface area contributed by atoms with E-state index in [1.807, 2.05) is 0 Å². The quantitative estimate of drug-likeness (QED) is 0.820. The van der Waals surface area contributed by atoms with E-state index in [1.165, 1.54) is 13.2 Å². The first-order valence-corrected chi connectivity index (χ1v) is 7.41. The van der Waals surface area contributed by atoms with Crippen molar-refractivity contribution in [3.63, 3.8) is 0 Å². The topological polar surface area (TPSA) is 84.3 Å². The molecule has 2 heterocycles. The van der Waals surface area contributed by atoms with Gasteiger partial charge >= 0.3 is 6.18 Å². The van der Waals surface area contributed by atoms with E-state index in [2.05, 4.69) is 10.4 Å². The average Bonchev–Trinajstić information content (AvgIpc) is 2.66. The lowest BCUT2D eigenvalue weighted by atomic mass is 10.2. The Balaban J connectivity index is 2.47. The van der Waals surface area contributed by atoms with Crippen LogP contribution in [0.4, 0.5) is 13.2 Å². The van der Waals surface area contributed by atoms with Crippen molar-refractivity contribution in [1.82, 2.24) is 19.4 Å². The van der Waals surface area contributed by atoms with Crippen LogP contribution in [0.25, 0.3) is 0 Å². The van der Waals surface area contributed by atoms with Crippen LogP contribution in [-0.2, 0) is 21.9 Å². The largest absolute Gasteiger partial charge is 0.405 e. The lowest BCUT2D eigenvalue weighted by Gasteiger charge is -2.29. The highest BCUT2D eigenvalue weighted by molar-refractivity contribution is 7.89. The molecule has 1 saturated heterocycles. The van der Waals surface area contributed by atoms with Crippen molar-refractivity contribution in [2.45, 2.75) is 23.7 Å². The summed E-state index contributed by atoms with van der Waals surface area (Å²) in [5.74, 6) is -0.833. The first kappa shape index (κ1) is 15.8. The smallest absolute Gasteiger partial charge is 0.355 e. The second-order valence-corrected chi connectivity index (χ2v) is 6.36. The molecule has 1 atom stereocenters. The van der Waals surface area contributed by atoms with Crippen LogP contribution in [0.5, 0.6) is 0 Å². The number of aryl methyl sites for hydroxylation is 1. The molecule has 21 heavy (non-hydrogen) atoms. The van der Waals surface area contributed by atoms with Crippen LogP contribution in [0.2, 0.25) is 0 Å². The van der Waals surface area contributed by atoms with Crippen LogP contribution in [0.1, 0.15) is 6.42 Å². The van der Waals surface area contributed by atoms with Crippen LogP contribution in [-0.4, -0.2) is 53.7 Å². The van der Waals surface area contributed by atoms with E-state index >= 15 is 0 Å². The summed E-state index contributed by atoms with van der Waals surface area (Å²) in [4.78, 5) is 11.3. The zero-order valence-corrected chi connectivity index (χ0v) is 11.8. The van der Waals surface area contributed by atoms with Crippen molar-refractivity contribution in [2.24, 2.45) is 7.05 Å². The number of amides is 1. The van der Waals surface area contributed by atoms with Crippen molar-refractivity contribution in [2.75, 3.05) is 13.1 Å². The number of carbonyl (C=O) groups is 1. The Labute approximate surface area is 118 Å². The fourth-order valence-corrected chi connectivity index (χ4v) is 3.83. The maximum absolute atomic E-state index is 13.1. The van der Waals surface area contributed by atoms with E-state index in [4.69, 9.17) is 0 Å². The highest BCUT2D eigenvalue weighted by Crippen LogP contribution is 2.31. The molecule has 1 aliphatic heterocycles. The van der Waals surface area contributed by atoms with Gasteiger partial charge in [-0.25, -0.2) is 8.42 Å². The average molecular weight is 326 g/mol. The standard InChI is InChI=1S/C10H13F3N4O3S/c1-16-9(2-3-15-16)21(19,20)17-5-4-14-8(18)6-7(17)10(11,12)13/h2-3,7H,4-6H2,1H3,(H,14,18)/t7-/m0/s1. The van der Waals surface area contributed by atoms with Gasteiger partial charge < -0.3 is 5.32 Å². The summed E-state index contributed by atoms with van der Waals surface area (Å²) in [6.45, 7) is -0.633. The third kappa shape index (κ3) is 3.02. The van der Waals surface area contributed by atoms with Gasteiger partial charge in [0.1, 0.15) is 6.04 Å². The highest BCUT2D eigenvalue weighted by Gasteiger charge is 2.50. The lowest BCUT2D eigenvalue weighted by molar-refractivity contribution is -0.173. The number of alkyl halides is 3. The Morgan fingerprint density at radius 1 is 1.43 bits per heavy atom. The number of nitrogens with one attached hydrogen (secondary N) is 1. The molecule has 118 valence electrons. The molecule has 7 nitrogen and oxygen atoms in total. The van der Waals surface area contributed by atoms with Gasteiger partial charge in [-0.3, -0.25) is 9.48 Å². The second kappa shape index (κ2) is 5.30. The number of hydrogen-bond donors (Lipinski definition) is 1. The first-order valence-electron chi connectivity index (χ1n) is 5.97. The summed E-state index contributed by atoms with van der Waals surface area (Å²) in [7, 11) is -3.09. The molecule has 0 unspecified atom stereocenters. The molecule has 0 radical (unpaired) electrons. The molecule has 1 amide bonds. The molecule has 1 aliphatic rings. The summed E-state index contributed by atoms with van der Waals surface area (Å²) < 4.78 is 65.4. The molecule has 0 bridgehead atoms. The van der Waals surface area contributed by atoms with Gasteiger partial charge in [0.25, 0.3) is 10.0 Å². The molecular formula is C10H13F3N4O3S. The molecule has 0 aliphatic carbocycles. The van der Waals surface area contributed by atoms with E-state index in [0.717, 1.165) is 10.7 Å². The molecule has 11 heteroatoms. The zero-order valence-electron chi connectivity index (χ0n) is 11.0. The van der Waals surface area contributed by atoms with Gasteiger partial charge in [-0.2, -0.15) is 22.6 Å². The summed E-state index contributed by atoms with van der Waals surface area (Å²) in [5.41, 5.74) is 0. The van der Waals surface area contributed by atoms with Crippen LogP contribution < -0.4 is 5.32 Å². The van der Waals surface area contributed by atoms with Gasteiger partial charge in [0, 0.05) is 20.1 Å². The Kier molecular flexibility index (Phi) is 3.97. The van der Waals surface area contributed by atoms with Gasteiger partial charge in [0.15, 0.2) is 5.03 Å². The van der Waals surface area contributed by atoms with Crippen molar-refractivity contribution < 1.29 is 26.4 Å². The Bertz CT molecular complexity index is 640. The maximum Gasteiger partial charge on any atom is 0.405 e. The summed E-state index contributed by atoms with van der Waals surface area (Å²) in [6.07, 6.45) is -4.62. The minimum atomic E-state index is -4.84. The first-order chi connectivity index (χ1) is 9.64. The van der Waals surface area contributed by atoms with Gasteiger partial charge in [0.2, 0.25) is 5.91 Å². The molecule has 1 fully saturated rings. The van der Waals surface area contributed by atoms with E-state index < -0.39 is 41.1 Å². The number of aromatic nitrogens is 2. The predicted octanol–water partition coefficient (Wildman–Crippen LogP) is -0.138. The number of sulfonamides is 1. The SMILES string of the molecule is Cn1nccc1S(=O)(=O)N1CCNC(=O)C[C@H]1C(F)(F)F. The normalized spacial score (nSPS) is 21.9. The Hall–Kier alpha value is -1.62. The summed E-state index contributed by atoms with van der Waals surface area (Å²) in [6, 6.07) is -1.27. The Morgan fingerprint density at radius 2 is 2.10 bits per heavy atom. The molecule has 0 aromatic carbocycles. The third-order valence-electron chi connectivity index (χ3n) is 3.11. The monoisotopic (exact) mass is 326 g/mol. The predicted molar refractivity (Wildman–Crippen MR) is 64.6 cm³/mol. The summed E-state index contributed by atoms with van der Waals surface area (Å²) in [5, 5.41) is 5.54. The van der Waals surface area contributed by atoms with Crippen LogP contribution in [0.3, 0.4) is 0 Å². The molecule has 0 saturated carbocycles. The van der Waals surface area contributed by atoms with Crippen molar-refractivity contribution >= 4 is 15.9 Å². The van der Waals surface area contributed by atoms with Crippen LogP contribution in [0.15, 0.2) is 17.3 Å². The number of halogens is 3. The van der Waals surface area contributed by atoms with Crippen LogP contribution >= 0.6 is 0 Å². The molecule has 1 aromatic heterocycles. The Morgan fingerprint density at radius 3 is 2.62 bits per heavy atom. The zero-order chi connectivity index (χ0) is 15.8. The minimum Gasteiger partial charge on any atom is -0.355 e. The fraction of sp³-hybridized carbons (Fsp3) is 0.600. The van der Waals surface area contributed by atoms with Crippen molar-refractivity contribution in [1.29, 1.82) is 0 Å². The molecule has 1 aromatic rings. The minimum absolute atomic E-state index is 0.178. The molecular weight excluding hydrogens is 313 g/mol. The number of hydrogen-bond acceptors (Lipinski definition) is 4. The molecule has 2 rings (SSSR count). The lowest BCUT2D eigenvalue weighted by Crippen LogP contribution is -2.49. The van der Waals surface area contributed by atoms with Gasteiger partial charge in [-0.15, -0.1) is 0 Å². The van der Waals surface area contributed by atoms with Gasteiger partial charge in [-0.05, 0) is 6.07 Å². The number of carbonyl (C=O) groups excluding carboxylic acids is 1. The summed E-state index contributed by atoms with van der Waals surface area (Å²) >= 11 is 0. The van der Waals surface area contributed by atoms with E-state index in [1.54, 1.807) is 0 Å².